The Kier molecular flexibility index (Phi) is 6.77. The van der Waals surface area contributed by atoms with Crippen LogP contribution in [-0.2, 0) is 6.54 Å². The summed E-state index contributed by atoms with van der Waals surface area (Å²) in [5, 5.41) is 19.9. The lowest BCUT2D eigenvalue weighted by molar-refractivity contribution is 0.0337. The molecular formula is C23H31N3O3. The Hall–Kier alpha value is -1.99. The molecule has 1 aromatic carbocycles. The normalized spacial score (nSPS) is 20.3. The summed E-state index contributed by atoms with van der Waals surface area (Å²) in [5.41, 5.74) is 2.40. The number of aliphatic hydroxyl groups excluding tert-OH is 2. The van der Waals surface area contributed by atoms with Crippen LogP contribution >= 0.6 is 0 Å². The van der Waals surface area contributed by atoms with Crippen molar-refractivity contribution in [2.24, 2.45) is 0 Å². The molecule has 6 heteroatoms. The second-order valence-electron chi connectivity index (χ2n) is 8.29. The van der Waals surface area contributed by atoms with Crippen LogP contribution < -0.4 is 4.74 Å². The maximum absolute atomic E-state index is 10.3. The summed E-state index contributed by atoms with van der Waals surface area (Å²) in [5.74, 6) is 1.33. The number of pyridine rings is 1. The first-order valence-corrected chi connectivity index (χ1v) is 10.6. The highest BCUT2D eigenvalue weighted by molar-refractivity contribution is 5.29. The molecule has 0 radical (unpaired) electrons. The van der Waals surface area contributed by atoms with Gasteiger partial charge in [-0.3, -0.25) is 9.88 Å². The number of benzene rings is 1. The molecule has 2 aliphatic rings. The maximum atomic E-state index is 10.3. The largest absolute Gasteiger partial charge is 0.491 e. The quantitative estimate of drug-likeness (QED) is 0.709. The van der Waals surface area contributed by atoms with Gasteiger partial charge in [0, 0.05) is 57.1 Å². The first-order valence-electron chi connectivity index (χ1n) is 10.6. The Morgan fingerprint density at radius 3 is 2.66 bits per heavy atom. The average molecular weight is 398 g/mol. The molecule has 0 spiro atoms. The van der Waals surface area contributed by atoms with Gasteiger partial charge in [0.05, 0.1) is 6.10 Å². The maximum Gasteiger partial charge on any atom is 0.119 e. The molecule has 2 saturated heterocycles. The Morgan fingerprint density at radius 2 is 1.90 bits per heavy atom. The number of hydrogen-bond donors (Lipinski definition) is 2. The molecule has 0 bridgehead atoms. The van der Waals surface area contributed by atoms with Crippen LogP contribution in [-0.4, -0.2) is 76.5 Å². The van der Waals surface area contributed by atoms with Gasteiger partial charge < -0.3 is 19.8 Å². The lowest BCUT2D eigenvalue weighted by Crippen LogP contribution is -2.44. The minimum absolute atomic E-state index is 0.187. The van der Waals surface area contributed by atoms with Crippen LogP contribution in [0.4, 0.5) is 0 Å². The monoisotopic (exact) mass is 397 g/mol. The molecule has 0 amide bonds. The van der Waals surface area contributed by atoms with Gasteiger partial charge in [-0.05, 0) is 42.7 Å². The zero-order chi connectivity index (χ0) is 20.1. The van der Waals surface area contributed by atoms with Crippen molar-refractivity contribution in [1.82, 2.24) is 14.8 Å². The molecule has 4 rings (SSSR count). The number of nitrogens with zero attached hydrogens (tertiary/aromatic N) is 3. The van der Waals surface area contributed by atoms with Gasteiger partial charge in [-0.1, -0.05) is 18.2 Å². The van der Waals surface area contributed by atoms with Crippen molar-refractivity contribution >= 4 is 0 Å². The van der Waals surface area contributed by atoms with Gasteiger partial charge in [-0.15, -0.1) is 0 Å². The van der Waals surface area contributed by atoms with Crippen LogP contribution in [0, 0.1) is 0 Å². The lowest BCUT2D eigenvalue weighted by atomic mass is 9.95. The average Bonchev–Trinajstić information content (AvgIpc) is 2.71. The third kappa shape index (κ3) is 5.76. The van der Waals surface area contributed by atoms with E-state index in [1.807, 2.05) is 24.4 Å². The molecule has 156 valence electrons. The highest BCUT2D eigenvalue weighted by Crippen LogP contribution is 2.27. The fraction of sp³-hybridized carbons (Fsp3) is 0.522. The van der Waals surface area contributed by atoms with Gasteiger partial charge in [0.1, 0.15) is 18.5 Å². The smallest absolute Gasteiger partial charge is 0.119 e. The van der Waals surface area contributed by atoms with Crippen molar-refractivity contribution in [3.63, 3.8) is 0 Å². The standard InChI is InChI=1S/C23H31N3O3/c27-20-7-10-25(11-8-20)16-21(28)17-29-22-5-3-4-18(12-22)13-26-14-19(15-26)23-6-1-2-9-24-23/h1-6,9,12,19-21,27-28H,7-8,10-11,13-17H2/t21-/m1/s1. The number of aliphatic hydroxyl groups is 2. The van der Waals surface area contributed by atoms with Crippen LogP contribution in [0.1, 0.15) is 30.0 Å². The number of β-amino-alcohol motifs (C(OH)–C–C–N with tert-alkyl or cyclic N) is 1. The molecule has 0 unspecified atom stereocenters. The minimum Gasteiger partial charge on any atom is -0.491 e. The minimum atomic E-state index is -0.525. The molecule has 2 aromatic rings. The third-order valence-electron chi connectivity index (χ3n) is 5.84. The first kappa shape index (κ1) is 20.3. The fourth-order valence-corrected chi connectivity index (χ4v) is 4.14. The van der Waals surface area contributed by atoms with E-state index in [9.17, 15) is 10.2 Å². The molecule has 29 heavy (non-hydrogen) atoms. The van der Waals surface area contributed by atoms with Crippen LogP contribution in [0.15, 0.2) is 48.7 Å². The van der Waals surface area contributed by atoms with Crippen molar-refractivity contribution in [2.75, 3.05) is 39.3 Å². The first-order chi connectivity index (χ1) is 14.2. The van der Waals surface area contributed by atoms with Gasteiger partial charge in [0.25, 0.3) is 0 Å². The zero-order valence-electron chi connectivity index (χ0n) is 16.9. The van der Waals surface area contributed by atoms with E-state index in [4.69, 9.17) is 4.74 Å². The van der Waals surface area contributed by atoms with E-state index < -0.39 is 6.10 Å². The summed E-state index contributed by atoms with van der Waals surface area (Å²) in [6, 6.07) is 14.3. The number of ether oxygens (including phenoxy) is 1. The number of piperidine rings is 1. The van der Waals surface area contributed by atoms with E-state index in [1.54, 1.807) is 0 Å². The number of likely N-dealkylation sites (tertiary alicyclic amines) is 2. The molecule has 2 aliphatic heterocycles. The van der Waals surface area contributed by atoms with Crippen molar-refractivity contribution < 1.29 is 14.9 Å². The molecule has 1 aromatic heterocycles. The van der Waals surface area contributed by atoms with E-state index in [0.29, 0.717) is 12.5 Å². The number of aromatic nitrogens is 1. The van der Waals surface area contributed by atoms with Crippen LogP contribution in [0.25, 0.3) is 0 Å². The molecule has 2 fully saturated rings. The van der Waals surface area contributed by atoms with Gasteiger partial charge in [-0.25, -0.2) is 0 Å². The molecule has 0 aliphatic carbocycles. The molecular weight excluding hydrogens is 366 g/mol. The van der Waals surface area contributed by atoms with Crippen LogP contribution in [0.2, 0.25) is 0 Å². The molecule has 2 N–H and O–H groups in total. The SMILES string of the molecule is OC1CCN(C[C@@H](O)COc2cccc(CN3CC(c4ccccn4)C3)c2)CC1. The predicted molar refractivity (Wildman–Crippen MR) is 112 cm³/mol. The molecule has 3 heterocycles. The topological polar surface area (TPSA) is 69.1 Å². The molecule has 0 saturated carbocycles. The van der Waals surface area contributed by atoms with Gasteiger partial charge >= 0.3 is 0 Å². The van der Waals surface area contributed by atoms with E-state index in [2.05, 4.69) is 39.0 Å². The van der Waals surface area contributed by atoms with E-state index in [-0.39, 0.29) is 12.7 Å². The van der Waals surface area contributed by atoms with Gasteiger partial charge in [0.2, 0.25) is 0 Å². The predicted octanol–water partition coefficient (Wildman–Crippen LogP) is 1.88. The van der Waals surface area contributed by atoms with Crippen molar-refractivity contribution in [1.29, 1.82) is 0 Å². The highest BCUT2D eigenvalue weighted by Gasteiger charge is 2.28. The van der Waals surface area contributed by atoms with Crippen LogP contribution in [0.3, 0.4) is 0 Å². The summed E-state index contributed by atoms with van der Waals surface area (Å²) in [6.07, 6.45) is 2.72. The zero-order valence-corrected chi connectivity index (χ0v) is 16.9. The summed E-state index contributed by atoms with van der Waals surface area (Å²) in [7, 11) is 0. The fourth-order valence-electron chi connectivity index (χ4n) is 4.14. The summed E-state index contributed by atoms with van der Waals surface area (Å²) >= 11 is 0. The van der Waals surface area contributed by atoms with Crippen LogP contribution in [0.5, 0.6) is 5.75 Å². The summed E-state index contributed by atoms with van der Waals surface area (Å²) in [4.78, 5) is 9.06. The Bertz CT molecular complexity index is 759. The van der Waals surface area contributed by atoms with E-state index in [1.165, 1.54) is 11.3 Å². The Morgan fingerprint density at radius 1 is 1.07 bits per heavy atom. The second kappa shape index (κ2) is 9.67. The number of hydrogen-bond acceptors (Lipinski definition) is 6. The molecule has 1 atom stereocenters. The number of rotatable bonds is 8. The summed E-state index contributed by atoms with van der Waals surface area (Å²) < 4.78 is 5.84. The lowest BCUT2D eigenvalue weighted by Gasteiger charge is -2.39. The van der Waals surface area contributed by atoms with E-state index in [0.717, 1.165) is 51.3 Å². The Labute approximate surface area is 172 Å². The Balaban J connectivity index is 1.20. The highest BCUT2D eigenvalue weighted by atomic mass is 16.5. The summed E-state index contributed by atoms with van der Waals surface area (Å²) in [6.45, 7) is 5.52. The molecule has 6 nitrogen and oxygen atoms in total. The van der Waals surface area contributed by atoms with Crippen molar-refractivity contribution in [3.05, 3.63) is 59.9 Å². The van der Waals surface area contributed by atoms with Gasteiger partial charge in [0.15, 0.2) is 0 Å². The van der Waals surface area contributed by atoms with Crippen molar-refractivity contribution in [3.8, 4) is 5.75 Å². The second-order valence-corrected chi connectivity index (χ2v) is 8.29. The van der Waals surface area contributed by atoms with Crippen molar-refractivity contribution in [2.45, 2.75) is 37.5 Å². The third-order valence-corrected chi connectivity index (χ3v) is 5.84. The van der Waals surface area contributed by atoms with E-state index >= 15 is 0 Å². The van der Waals surface area contributed by atoms with Gasteiger partial charge in [-0.2, -0.15) is 0 Å².